The van der Waals surface area contributed by atoms with Crippen LogP contribution in [0.25, 0.3) is 0 Å². The maximum absolute atomic E-state index is 13.1. The van der Waals surface area contributed by atoms with Crippen LogP contribution in [0.1, 0.15) is 20.8 Å². The molecule has 172 valence electrons. The van der Waals surface area contributed by atoms with Crippen LogP contribution in [-0.2, 0) is 9.53 Å². The van der Waals surface area contributed by atoms with E-state index >= 15 is 0 Å². The van der Waals surface area contributed by atoms with E-state index in [1.807, 2.05) is 31.7 Å². The highest BCUT2D eigenvalue weighted by Gasteiger charge is 2.27. The van der Waals surface area contributed by atoms with Gasteiger partial charge in [0, 0.05) is 64.2 Å². The van der Waals surface area contributed by atoms with Crippen molar-refractivity contribution in [2.24, 2.45) is 0 Å². The minimum Gasteiger partial charge on any atom is -0.444 e. The van der Waals surface area contributed by atoms with Gasteiger partial charge in [0.2, 0.25) is 0 Å². The Morgan fingerprint density at radius 2 is 1.53 bits per heavy atom. The van der Waals surface area contributed by atoms with E-state index in [9.17, 15) is 19.2 Å². The average molecular weight is 444 g/mol. The van der Waals surface area contributed by atoms with E-state index < -0.39 is 5.60 Å². The first-order valence-electron chi connectivity index (χ1n) is 10.8. The third-order valence-electron chi connectivity index (χ3n) is 5.39. The van der Waals surface area contributed by atoms with E-state index in [1.54, 1.807) is 28.1 Å². The van der Waals surface area contributed by atoms with Gasteiger partial charge in [-0.3, -0.25) is 4.79 Å². The Labute approximate surface area is 188 Å². The lowest BCUT2D eigenvalue weighted by Crippen LogP contribution is -2.50. The number of hydrogen-bond acceptors (Lipinski definition) is 6. The number of amides is 2. The van der Waals surface area contributed by atoms with Gasteiger partial charge in [-0.2, -0.15) is 5.26 Å². The van der Waals surface area contributed by atoms with Gasteiger partial charge in [-0.25, -0.2) is 9.18 Å². The van der Waals surface area contributed by atoms with Crippen LogP contribution < -0.4 is 4.90 Å². The van der Waals surface area contributed by atoms with Gasteiger partial charge in [0.05, 0.1) is 0 Å². The summed E-state index contributed by atoms with van der Waals surface area (Å²) in [7, 11) is 0. The first kappa shape index (κ1) is 23.4. The van der Waals surface area contributed by atoms with Crippen LogP contribution in [0.2, 0.25) is 0 Å². The van der Waals surface area contributed by atoms with Crippen molar-refractivity contribution in [1.29, 1.82) is 5.26 Å². The summed E-state index contributed by atoms with van der Waals surface area (Å²) in [5, 5.41) is 9.56. The second kappa shape index (κ2) is 9.90. The molecule has 0 spiro atoms. The normalized spacial score (nSPS) is 17.8. The molecule has 0 atom stereocenters. The fraction of sp³-hybridized carbons (Fsp3) is 0.522. The zero-order chi connectivity index (χ0) is 23.3. The summed E-state index contributed by atoms with van der Waals surface area (Å²) in [4.78, 5) is 32.4. The molecule has 0 aliphatic carbocycles. The standard InChI is InChI=1S/C23H30FN5O3/c1-23(2,3)32-22(31)29-10-8-26(9-11-29)17-18(16-25)21(30)28-14-12-27(13-15-28)20-6-4-19(24)5-7-20/h4-7,17H,8-15H2,1-3H3/b18-17-. The predicted octanol–water partition coefficient (Wildman–Crippen LogP) is 2.43. The van der Waals surface area contributed by atoms with E-state index in [4.69, 9.17) is 4.74 Å². The molecule has 9 heteroatoms. The number of benzene rings is 1. The summed E-state index contributed by atoms with van der Waals surface area (Å²) in [6, 6.07) is 8.33. The van der Waals surface area contributed by atoms with Crippen LogP contribution in [0.3, 0.4) is 0 Å². The monoisotopic (exact) mass is 443 g/mol. The van der Waals surface area contributed by atoms with Gasteiger partial charge >= 0.3 is 6.09 Å². The van der Waals surface area contributed by atoms with Gasteiger partial charge in [0.15, 0.2) is 0 Å². The molecular formula is C23H30FN5O3. The second-order valence-electron chi connectivity index (χ2n) is 8.91. The lowest BCUT2D eigenvalue weighted by atomic mass is 10.2. The van der Waals surface area contributed by atoms with Gasteiger partial charge in [0.25, 0.3) is 5.91 Å². The number of anilines is 1. The Balaban J connectivity index is 1.52. The van der Waals surface area contributed by atoms with Crippen molar-refractivity contribution in [3.05, 3.63) is 41.9 Å². The molecule has 0 N–H and O–H groups in total. The summed E-state index contributed by atoms with van der Waals surface area (Å²) in [5.41, 5.74) is 0.457. The number of nitriles is 1. The lowest BCUT2D eigenvalue weighted by Gasteiger charge is -2.37. The van der Waals surface area contributed by atoms with Crippen molar-refractivity contribution in [2.75, 3.05) is 57.3 Å². The number of piperazine rings is 2. The maximum Gasteiger partial charge on any atom is 0.410 e. The number of hydrogen-bond donors (Lipinski definition) is 0. The second-order valence-corrected chi connectivity index (χ2v) is 8.91. The SMILES string of the molecule is CC(C)(C)OC(=O)N1CCN(/C=C(/C#N)C(=O)N2CCN(c3ccc(F)cc3)CC2)CC1. The molecule has 2 fully saturated rings. The van der Waals surface area contributed by atoms with Crippen molar-refractivity contribution in [3.63, 3.8) is 0 Å². The molecule has 32 heavy (non-hydrogen) atoms. The molecule has 3 rings (SSSR count). The average Bonchev–Trinajstić information content (AvgIpc) is 2.77. The molecule has 0 aromatic heterocycles. The highest BCUT2D eigenvalue weighted by atomic mass is 19.1. The summed E-state index contributed by atoms with van der Waals surface area (Å²) < 4.78 is 18.5. The van der Waals surface area contributed by atoms with Crippen LogP contribution in [0.15, 0.2) is 36.0 Å². The quantitative estimate of drug-likeness (QED) is 0.527. The molecule has 0 bridgehead atoms. The molecule has 0 radical (unpaired) electrons. The smallest absolute Gasteiger partial charge is 0.410 e. The van der Waals surface area contributed by atoms with E-state index in [-0.39, 0.29) is 23.4 Å². The summed E-state index contributed by atoms with van der Waals surface area (Å²) >= 11 is 0. The van der Waals surface area contributed by atoms with Crippen molar-refractivity contribution < 1.29 is 18.7 Å². The van der Waals surface area contributed by atoms with Gasteiger partial charge in [-0.15, -0.1) is 0 Å². The summed E-state index contributed by atoms with van der Waals surface area (Å²) in [6.07, 6.45) is 1.25. The Morgan fingerprint density at radius 1 is 0.969 bits per heavy atom. The first-order chi connectivity index (χ1) is 15.2. The third-order valence-corrected chi connectivity index (χ3v) is 5.39. The van der Waals surface area contributed by atoms with Gasteiger partial charge in [-0.05, 0) is 45.0 Å². The predicted molar refractivity (Wildman–Crippen MR) is 118 cm³/mol. The molecule has 2 amide bonds. The van der Waals surface area contributed by atoms with Crippen LogP contribution in [0, 0.1) is 17.1 Å². The molecule has 2 aliphatic rings. The minimum atomic E-state index is -0.546. The Morgan fingerprint density at radius 3 is 2.06 bits per heavy atom. The fourth-order valence-corrected chi connectivity index (χ4v) is 3.66. The van der Waals surface area contributed by atoms with Crippen LogP contribution >= 0.6 is 0 Å². The van der Waals surface area contributed by atoms with Crippen LogP contribution in [0.5, 0.6) is 0 Å². The topological polar surface area (TPSA) is 80.1 Å². The highest BCUT2D eigenvalue weighted by Crippen LogP contribution is 2.18. The molecule has 2 aliphatic heterocycles. The van der Waals surface area contributed by atoms with E-state index in [0.29, 0.717) is 52.4 Å². The number of rotatable bonds is 3. The molecule has 2 heterocycles. The first-order valence-corrected chi connectivity index (χ1v) is 10.8. The molecule has 8 nitrogen and oxygen atoms in total. The van der Waals surface area contributed by atoms with Crippen LogP contribution in [0.4, 0.5) is 14.9 Å². The van der Waals surface area contributed by atoms with Crippen molar-refractivity contribution in [2.45, 2.75) is 26.4 Å². The number of nitrogens with zero attached hydrogens (tertiary/aromatic N) is 5. The molecule has 1 aromatic carbocycles. The van der Waals surface area contributed by atoms with E-state index in [1.165, 1.54) is 12.1 Å². The minimum absolute atomic E-state index is 0.0888. The van der Waals surface area contributed by atoms with Gasteiger partial charge in [-0.1, -0.05) is 0 Å². The highest BCUT2D eigenvalue weighted by molar-refractivity contribution is 5.97. The Bertz CT molecular complexity index is 888. The van der Waals surface area contributed by atoms with Crippen molar-refractivity contribution >= 4 is 17.7 Å². The number of carbonyl (C=O) groups is 2. The van der Waals surface area contributed by atoms with E-state index in [0.717, 1.165) is 5.69 Å². The number of halogens is 1. The Kier molecular flexibility index (Phi) is 7.23. The molecule has 0 unspecified atom stereocenters. The van der Waals surface area contributed by atoms with Gasteiger partial charge < -0.3 is 24.3 Å². The zero-order valence-electron chi connectivity index (χ0n) is 18.9. The lowest BCUT2D eigenvalue weighted by molar-refractivity contribution is -0.127. The maximum atomic E-state index is 13.1. The van der Waals surface area contributed by atoms with Crippen LogP contribution in [-0.4, -0.2) is 84.7 Å². The largest absolute Gasteiger partial charge is 0.444 e. The van der Waals surface area contributed by atoms with Crippen molar-refractivity contribution in [3.8, 4) is 6.07 Å². The molecule has 2 saturated heterocycles. The Hall–Kier alpha value is -3.28. The zero-order valence-corrected chi connectivity index (χ0v) is 18.9. The van der Waals surface area contributed by atoms with Crippen molar-refractivity contribution in [1.82, 2.24) is 14.7 Å². The molecule has 0 saturated carbocycles. The number of ether oxygens (including phenoxy) is 1. The fourth-order valence-electron chi connectivity index (χ4n) is 3.66. The molecule has 1 aromatic rings. The third kappa shape index (κ3) is 6.13. The van der Waals surface area contributed by atoms with E-state index in [2.05, 4.69) is 4.90 Å². The number of carbonyl (C=O) groups excluding carboxylic acids is 2. The molecular weight excluding hydrogens is 413 g/mol. The summed E-state index contributed by atoms with van der Waals surface area (Å²) in [6.45, 7) is 9.67. The summed E-state index contributed by atoms with van der Waals surface area (Å²) in [5.74, 6) is -0.570. The van der Waals surface area contributed by atoms with Gasteiger partial charge in [0.1, 0.15) is 23.1 Å².